The van der Waals surface area contributed by atoms with Crippen LogP contribution in [0.4, 0.5) is 4.39 Å². The van der Waals surface area contributed by atoms with Gasteiger partial charge in [0.05, 0.1) is 17.1 Å². The maximum Gasteiger partial charge on any atom is 0.339 e. The minimum absolute atomic E-state index is 0.0215. The average molecular weight is 312 g/mol. The van der Waals surface area contributed by atoms with Crippen molar-refractivity contribution in [2.24, 2.45) is 0 Å². The molecule has 2 aromatic rings. The Kier molecular flexibility index (Phi) is 4.28. The van der Waals surface area contributed by atoms with Crippen LogP contribution in [0.2, 0.25) is 5.02 Å². The van der Waals surface area contributed by atoms with Crippen LogP contribution in [0.5, 0.6) is 0 Å². The van der Waals surface area contributed by atoms with E-state index in [9.17, 15) is 14.0 Å². The van der Waals surface area contributed by atoms with Crippen molar-refractivity contribution in [3.8, 4) is 0 Å². The molecule has 2 N–H and O–H groups in total. The van der Waals surface area contributed by atoms with Crippen molar-refractivity contribution in [3.05, 3.63) is 57.8 Å². The zero-order chi connectivity index (χ0) is 15.6. The van der Waals surface area contributed by atoms with Crippen molar-refractivity contribution in [3.63, 3.8) is 0 Å². The van der Waals surface area contributed by atoms with E-state index in [1.54, 1.807) is 0 Å². The molecule has 0 spiro atoms. The number of carbonyl (C=O) groups excluding carboxylic acids is 1. The molecule has 1 heterocycles. The number of hydrogen-bond acceptors (Lipinski definition) is 3. The van der Waals surface area contributed by atoms with Crippen LogP contribution in [-0.4, -0.2) is 17.0 Å². The third-order valence-corrected chi connectivity index (χ3v) is 3.11. The Morgan fingerprint density at radius 2 is 2.10 bits per heavy atom. The number of aromatic carboxylic acids is 1. The highest BCUT2D eigenvalue weighted by Crippen LogP contribution is 2.18. The van der Waals surface area contributed by atoms with Crippen molar-refractivity contribution in [1.29, 1.82) is 0 Å². The fraction of sp³-hybridized carbons (Fsp3) is 0.143. The fourth-order valence-corrected chi connectivity index (χ4v) is 1.96. The zero-order valence-electron chi connectivity index (χ0n) is 10.9. The summed E-state index contributed by atoms with van der Waals surface area (Å²) in [5.41, 5.74) is -0.169. The van der Waals surface area contributed by atoms with Crippen molar-refractivity contribution < 1.29 is 23.5 Å². The van der Waals surface area contributed by atoms with Crippen molar-refractivity contribution in [1.82, 2.24) is 5.32 Å². The normalized spacial score (nSPS) is 10.4. The zero-order valence-corrected chi connectivity index (χ0v) is 11.7. The number of carbonyl (C=O) groups is 2. The number of rotatable bonds is 4. The number of carboxylic acid groups (broad SMARTS) is 1. The third-order valence-electron chi connectivity index (χ3n) is 2.82. The monoisotopic (exact) mass is 311 g/mol. The van der Waals surface area contributed by atoms with Crippen LogP contribution in [0.3, 0.4) is 0 Å². The van der Waals surface area contributed by atoms with E-state index in [-0.39, 0.29) is 34.2 Å². The van der Waals surface area contributed by atoms with E-state index >= 15 is 0 Å². The molecule has 5 nitrogen and oxygen atoms in total. The second kappa shape index (κ2) is 5.97. The number of amides is 1. The molecule has 0 unspecified atom stereocenters. The number of benzene rings is 1. The highest BCUT2D eigenvalue weighted by atomic mass is 35.5. The van der Waals surface area contributed by atoms with Gasteiger partial charge < -0.3 is 14.8 Å². The lowest BCUT2D eigenvalue weighted by Gasteiger charge is -2.05. The molecule has 0 radical (unpaired) electrons. The van der Waals surface area contributed by atoms with Crippen molar-refractivity contribution >= 4 is 23.5 Å². The Bertz CT molecular complexity index is 711. The molecule has 0 aliphatic heterocycles. The smallest absolute Gasteiger partial charge is 0.339 e. The van der Waals surface area contributed by atoms with Gasteiger partial charge in [0.25, 0.3) is 5.91 Å². The predicted molar refractivity (Wildman–Crippen MR) is 73.0 cm³/mol. The van der Waals surface area contributed by atoms with E-state index < -0.39 is 17.7 Å². The van der Waals surface area contributed by atoms with Gasteiger partial charge >= 0.3 is 5.97 Å². The molecule has 1 aromatic carbocycles. The van der Waals surface area contributed by atoms with Crippen LogP contribution in [0, 0.1) is 12.7 Å². The first-order valence-electron chi connectivity index (χ1n) is 5.95. The molecule has 0 saturated carbocycles. The Labute approximate surface area is 124 Å². The third kappa shape index (κ3) is 3.22. The lowest BCUT2D eigenvalue weighted by molar-refractivity contribution is 0.0694. The van der Waals surface area contributed by atoms with Gasteiger partial charge in [-0.2, -0.15) is 0 Å². The summed E-state index contributed by atoms with van der Waals surface area (Å²) in [6.45, 7) is 1.45. The standard InChI is InChI=1S/C14H11ClFNO4/c1-7-10(14(19)20)5-8(21-7)6-17-13(18)9-3-2-4-11(15)12(9)16/h2-5H,6H2,1H3,(H,17,18)(H,19,20). The molecule has 2 rings (SSSR count). The van der Waals surface area contributed by atoms with Crippen LogP contribution in [0.1, 0.15) is 32.2 Å². The number of furan rings is 1. The van der Waals surface area contributed by atoms with Crippen LogP contribution in [0.15, 0.2) is 28.7 Å². The number of carboxylic acids is 1. The Morgan fingerprint density at radius 3 is 2.71 bits per heavy atom. The summed E-state index contributed by atoms with van der Waals surface area (Å²) in [6, 6.07) is 5.40. The van der Waals surface area contributed by atoms with Gasteiger partial charge in [0.2, 0.25) is 0 Å². The highest BCUT2D eigenvalue weighted by Gasteiger charge is 2.16. The number of aryl methyl sites for hydroxylation is 1. The van der Waals surface area contributed by atoms with E-state index in [4.69, 9.17) is 21.1 Å². The van der Waals surface area contributed by atoms with Crippen molar-refractivity contribution in [2.75, 3.05) is 0 Å². The van der Waals surface area contributed by atoms with Gasteiger partial charge in [-0.3, -0.25) is 4.79 Å². The largest absolute Gasteiger partial charge is 0.478 e. The SMILES string of the molecule is Cc1oc(CNC(=O)c2cccc(Cl)c2F)cc1C(=O)O. The average Bonchev–Trinajstić information content (AvgIpc) is 2.80. The van der Waals surface area contributed by atoms with Gasteiger partial charge in [-0.05, 0) is 25.1 Å². The van der Waals surface area contributed by atoms with E-state index in [2.05, 4.69) is 5.32 Å². The van der Waals surface area contributed by atoms with Crippen LogP contribution >= 0.6 is 11.6 Å². The summed E-state index contributed by atoms with van der Waals surface area (Å²) in [6.07, 6.45) is 0. The quantitative estimate of drug-likeness (QED) is 0.909. The number of halogens is 2. The van der Waals surface area contributed by atoms with Crippen LogP contribution in [0.25, 0.3) is 0 Å². The summed E-state index contributed by atoms with van der Waals surface area (Å²) < 4.78 is 18.9. The lowest BCUT2D eigenvalue weighted by atomic mass is 10.2. The molecule has 0 aliphatic rings. The molecule has 1 aromatic heterocycles. The van der Waals surface area contributed by atoms with Gasteiger partial charge in [-0.25, -0.2) is 9.18 Å². The molecule has 110 valence electrons. The highest BCUT2D eigenvalue weighted by molar-refractivity contribution is 6.31. The topological polar surface area (TPSA) is 79.5 Å². The number of hydrogen-bond donors (Lipinski definition) is 2. The van der Waals surface area contributed by atoms with E-state index in [0.717, 1.165) is 0 Å². The molecule has 1 amide bonds. The first-order valence-corrected chi connectivity index (χ1v) is 6.32. The van der Waals surface area contributed by atoms with Crippen molar-refractivity contribution in [2.45, 2.75) is 13.5 Å². The first-order chi connectivity index (χ1) is 9.90. The van der Waals surface area contributed by atoms with E-state index in [1.165, 1.54) is 31.2 Å². The minimum Gasteiger partial charge on any atom is -0.478 e. The molecule has 21 heavy (non-hydrogen) atoms. The van der Waals surface area contributed by atoms with E-state index in [1.807, 2.05) is 0 Å². The number of nitrogens with one attached hydrogen (secondary N) is 1. The van der Waals surface area contributed by atoms with Crippen LogP contribution < -0.4 is 5.32 Å². The summed E-state index contributed by atoms with van der Waals surface area (Å²) in [4.78, 5) is 22.7. The molecular weight excluding hydrogens is 301 g/mol. The van der Waals surface area contributed by atoms with Gasteiger partial charge in [0, 0.05) is 0 Å². The van der Waals surface area contributed by atoms with Gasteiger partial charge in [0.15, 0.2) is 5.82 Å². The predicted octanol–water partition coefficient (Wildman–Crippen LogP) is 3.01. The molecule has 0 fully saturated rings. The maximum atomic E-state index is 13.7. The second-order valence-electron chi connectivity index (χ2n) is 4.27. The van der Waals surface area contributed by atoms with Gasteiger partial charge in [-0.15, -0.1) is 0 Å². The molecule has 0 saturated heterocycles. The first kappa shape index (κ1) is 15.1. The molecule has 0 aliphatic carbocycles. The lowest BCUT2D eigenvalue weighted by Crippen LogP contribution is -2.23. The molecule has 0 bridgehead atoms. The molecule has 7 heteroatoms. The maximum absolute atomic E-state index is 13.7. The molecular formula is C14H11ClFNO4. The summed E-state index contributed by atoms with van der Waals surface area (Å²) in [7, 11) is 0. The summed E-state index contributed by atoms with van der Waals surface area (Å²) in [5.74, 6) is -2.09. The minimum atomic E-state index is -1.12. The fourth-order valence-electron chi connectivity index (χ4n) is 1.78. The Morgan fingerprint density at radius 1 is 1.38 bits per heavy atom. The van der Waals surface area contributed by atoms with Gasteiger partial charge in [0.1, 0.15) is 17.1 Å². The molecule has 0 atom stereocenters. The van der Waals surface area contributed by atoms with E-state index in [0.29, 0.717) is 0 Å². The Hall–Kier alpha value is -2.34. The second-order valence-corrected chi connectivity index (χ2v) is 4.68. The summed E-state index contributed by atoms with van der Waals surface area (Å²) in [5, 5.41) is 11.2. The summed E-state index contributed by atoms with van der Waals surface area (Å²) >= 11 is 5.60. The van der Waals surface area contributed by atoms with Gasteiger partial charge in [-0.1, -0.05) is 17.7 Å². The van der Waals surface area contributed by atoms with Crippen LogP contribution in [-0.2, 0) is 6.54 Å². The Balaban J connectivity index is 2.09.